The fourth-order valence-corrected chi connectivity index (χ4v) is 1.88. The summed E-state index contributed by atoms with van der Waals surface area (Å²) in [7, 11) is 6.45. The number of nitrogens with two attached hydrogens (primary N) is 1. The zero-order valence-corrected chi connectivity index (χ0v) is 11.0. The summed E-state index contributed by atoms with van der Waals surface area (Å²) in [5, 5.41) is 0. The first-order chi connectivity index (χ1) is 7.10. The lowest BCUT2D eigenvalue weighted by atomic mass is 10.0. The highest BCUT2D eigenvalue weighted by Gasteiger charge is 2.08. The Labute approximate surface area is 95.6 Å². The molecule has 15 heavy (non-hydrogen) atoms. The molecule has 1 atom stereocenters. The van der Waals surface area contributed by atoms with Crippen LogP contribution in [-0.2, 0) is 0 Å². The molecule has 2 N–H and O–H groups in total. The summed E-state index contributed by atoms with van der Waals surface area (Å²) in [6, 6.07) is 0. The minimum Gasteiger partial charge on any atom is -0.330 e. The maximum Gasteiger partial charge on any atom is 0.00187 e. The molecule has 0 rings (SSSR count). The molecule has 3 heteroatoms. The van der Waals surface area contributed by atoms with Crippen LogP contribution in [0.4, 0.5) is 0 Å². The largest absolute Gasteiger partial charge is 0.330 e. The first-order valence-electron chi connectivity index (χ1n) is 6.13. The first-order valence-corrected chi connectivity index (χ1v) is 6.13. The second-order valence-electron chi connectivity index (χ2n) is 4.81. The summed E-state index contributed by atoms with van der Waals surface area (Å²) in [6.45, 7) is 6.56. The quantitative estimate of drug-likeness (QED) is 0.628. The predicted octanol–water partition coefficient (Wildman–Crippen LogP) is 1.24. The van der Waals surface area contributed by atoms with E-state index in [9.17, 15) is 0 Å². The molecular formula is C12H29N3. The Hall–Kier alpha value is -0.120. The van der Waals surface area contributed by atoms with Crippen LogP contribution >= 0.6 is 0 Å². The third-order valence-corrected chi connectivity index (χ3v) is 2.75. The van der Waals surface area contributed by atoms with E-state index in [1.165, 1.54) is 32.4 Å². The Morgan fingerprint density at radius 2 is 1.80 bits per heavy atom. The van der Waals surface area contributed by atoms with Crippen LogP contribution in [-0.4, -0.2) is 57.1 Å². The van der Waals surface area contributed by atoms with Crippen molar-refractivity contribution in [1.29, 1.82) is 0 Å². The molecule has 0 aliphatic rings. The molecular weight excluding hydrogens is 186 g/mol. The van der Waals surface area contributed by atoms with Crippen LogP contribution in [0.3, 0.4) is 0 Å². The van der Waals surface area contributed by atoms with E-state index in [-0.39, 0.29) is 0 Å². The Morgan fingerprint density at radius 3 is 2.27 bits per heavy atom. The van der Waals surface area contributed by atoms with Gasteiger partial charge in [0.15, 0.2) is 0 Å². The predicted molar refractivity (Wildman–Crippen MR) is 68.1 cm³/mol. The van der Waals surface area contributed by atoms with E-state index in [1.54, 1.807) is 0 Å². The minimum absolute atomic E-state index is 0.680. The molecule has 0 aromatic carbocycles. The van der Waals surface area contributed by atoms with Crippen LogP contribution in [0.1, 0.15) is 26.2 Å². The van der Waals surface area contributed by atoms with Crippen molar-refractivity contribution < 1.29 is 0 Å². The van der Waals surface area contributed by atoms with Crippen molar-refractivity contribution >= 4 is 0 Å². The molecule has 3 nitrogen and oxygen atoms in total. The van der Waals surface area contributed by atoms with Crippen LogP contribution in [0.2, 0.25) is 0 Å². The summed E-state index contributed by atoms with van der Waals surface area (Å²) in [6.07, 6.45) is 3.74. The van der Waals surface area contributed by atoms with Crippen molar-refractivity contribution in [3.63, 3.8) is 0 Å². The van der Waals surface area contributed by atoms with Gasteiger partial charge >= 0.3 is 0 Å². The van der Waals surface area contributed by atoms with Gasteiger partial charge in [-0.1, -0.05) is 13.3 Å². The minimum atomic E-state index is 0.680. The van der Waals surface area contributed by atoms with E-state index < -0.39 is 0 Å². The van der Waals surface area contributed by atoms with Crippen molar-refractivity contribution in [2.24, 2.45) is 11.7 Å². The van der Waals surface area contributed by atoms with Gasteiger partial charge in [0.25, 0.3) is 0 Å². The fraction of sp³-hybridized carbons (Fsp3) is 1.00. The normalized spacial score (nSPS) is 13.8. The van der Waals surface area contributed by atoms with Gasteiger partial charge in [-0.15, -0.1) is 0 Å². The molecule has 0 spiro atoms. The Morgan fingerprint density at radius 1 is 1.13 bits per heavy atom. The summed E-state index contributed by atoms with van der Waals surface area (Å²) in [5.74, 6) is 0.680. The SMILES string of the molecule is CCCC(CN)CN(C)CCCN(C)C. The Bertz CT molecular complexity index is 137. The molecule has 92 valence electrons. The van der Waals surface area contributed by atoms with Gasteiger partial charge in [0.05, 0.1) is 0 Å². The molecule has 0 fully saturated rings. The van der Waals surface area contributed by atoms with Crippen LogP contribution in [0, 0.1) is 5.92 Å². The number of rotatable bonds is 9. The summed E-state index contributed by atoms with van der Waals surface area (Å²) in [4.78, 5) is 4.65. The molecule has 0 heterocycles. The van der Waals surface area contributed by atoms with E-state index in [0.717, 1.165) is 13.1 Å². The molecule has 0 aliphatic heterocycles. The van der Waals surface area contributed by atoms with Crippen LogP contribution in [0.25, 0.3) is 0 Å². The third kappa shape index (κ3) is 8.85. The monoisotopic (exact) mass is 215 g/mol. The van der Waals surface area contributed by atoms with Gasteiger partial charge in [0.2, 0.25) is 0 Å². The highest BCUT2D eigenvalue weighted by Crippen LogP contribution is 2.06. The van der Waals surface area contributed by atoms with Crippen LogP contribution in [0.5, 0.6) is 0 Å². The highest BCUT2D eigenvalue weighted by molar-refractivity contribution is 4.64. The van der Waals surface area contributed by atoms with Crippen molar-refractivity contribution in [2.45, 2.75) is 26.2 Å². The third-order valence-electron chi connectivity index (χ3n) is 2.75. The van der Waals surface area contributed by atoms with Crippen molar-refractivity contribution in [3.05, 3.63) is 0 Å². The van der Waals surface area contributed by atoms with Crippen LogP contribution < -0.4 is 5.73 Å². The van der Waals surface area contributed by atoms with Crippen molar-refractivity contribution in [1.82, 2.24) is 9.80 Å². The van der Waals surface area contributed by atoms with Crippen molar-refractivity contribution in [2.75, 3.05) is 47.3 Å². The lowest BCUT2D eigenvalue weighted by molar-refractivity contribution is 0.254. The first kappa shape index (κ1) is 14.9. The van der Waals surface area contributed by atoms with Gasteiger partial charge in [-0.3, -0.25) is 0 Å². The molecule has 0 aromatic heterocycles. The molecule has 0 radical (unpaired) electrons. The van der Waals surface area contributed by atoms with E-state index in [2.05, 4.69) is 37.9 Å². The number of nitrogens with zero attached hydrogens (tertiary/aromatic N) is 2. The molecule has 0 saturated carbocycles. The van der Waals surface area contributed by atoms with E-state index in [0.29, 0.717) is 5.92 Å². The molecule has 1 unspecified atom stereocenters. The van der Waals surface area contributed by atoms with E-state index >= 15 is 0 Å². The standard InChI is InChI=1S/C12H29N3/c1-5-7-12(10-13)11-15(4)9-6-8-14(2)3/h12H,5-11,13H2,1-4H3. The number of hydrogen-bond acceptors (Lipinski definition) is 3. The Balaban J connectivity index is 3.56. The van der Waals surface area contributed by atoms with Gasteiger partial charge in [0, 0.05) is 6.54 Å². The average Bonchev–Trinajstić information content (AvgIpc) is 2.16. The van der Waals surface area contributed by atoms with Crippen molar-refractivity contribution in [3.8, 4) is 0 Å². The number of hydrogen-bond donors (Lipinski definition) is 1. The van der Waals surface area contributed by atoms with Gasteiger partial charge in [-0.2, -0.15) is 0 Å². The molecule has 0 amide bonds. The maximum atomic E-state index is 5.75. The Kier molecular flexibility index (Phi) is 9.06. The van der Waals surface area contributed by atoms with E-state index in [4.69, 9.17) is 5.73 Å². The lowest BCUT2D eigenvalue weighted by Gasteiger charge is -2.23. The lowest BCUT2D eigenvalue weighted by Crippen LogP contribution is -2.32. The topological polar surface area (TPSA) is 32.5 Å². The summed E-state index contributed by atoms with van der Waals surface area (Å²) in [5.41, 5.74) is 5.75. The molecule has 0 saturated heterocycles. The summed E-state index contributed by atoms with van der Waals surface area (Å²) >= 11 is 0. The highest BCUT2D eigenvalue weighted by atomic mass is 15.1. The van der Waals surface area contributed by atoms with Gasteiger partial charge in [-0.25, -0.2) is 0 Å². The zero-order chi connectivity index (χ0) is 11.7. The van der Waals surface area contributed by atoms with Gasteiger partial charge < -0.3 is 15.5 Å². The average molecular weight is 215 g/mol. The van der Waals surface area contributed by atoms with Crippen LogP contribution in [0.15, 0.2) is 0 Å². The zero-order valence-electron chi connectivity index (χ0n) is 11.0. The molecule has 0 bridgehead atoms. The molecule has 0 aliphatic carbocycles. The van der Waals surface area contributed by atoms with Gasteiger partial charge in [-0.05, 0) is 59.5 Å². The molecule has 0 aromatic rings. The summed E-state index contributed by atoms with van der Waals surface area (Å²) < 4.78 is 0. The fourth-order valence-electron chi connectivity index (χ4n) is 1.88. The second kappa shape index (κ2) is 9.13. The smallest absolute Gasteiger partial charge is 0.00187 e. The maximum absolute atomic E-state index is 5.75. The van der Waals surface area contributed by atoms with E-state index in [1.807, 2.05) is 0 Å². The van der Waals surface area contributed by atoms with Gasteiger partial charge in [0.1, 0.15) is 0 Å². The second-order valence-corrected chi connectivity index (χ2v) is 4.81.